The maximum absolute atomic E-state index is 11.4. The number of aliphatic hydroxyl groups is 2. The molecule has 1 fully saturated rings. The van der Waals surface area contributed by atoms with Crippen molar-refractivity contribution >= 4 is 9.84 Å². The van der Waals surface area contributed by atoms with Crippen LogP contribution < -0.4 is 5.32 Å². The van der Waals surface area contributed by atoms with Crippen molar-refractivity contribution in [1.82, 2.24) is 5.32 Å². The first-order chi connectivity index (χ1) is 6.95. The average Bonchev–Trinajstić information content (AvgIpc) is 2.61. The lowest BCUT2D eigenvalue weighted by Crippen LogP contribution is -2.43. The molecule has 0 spiro atoms. The van der Waals surface area contributed by atoms with Crippen molar-refractivity contribution in [3.8, 4) is 0 Å². The van der Waals surface area contributed by atoms with Crippen LogP contribution in [0.5, 0.6) is 0 Å². The first-order valence-electron chi connectivity index (χ1n) is 5.16. The first-order valence-corrected chi connectivity index (χ1v) is 7.11. The number of rotatable bonds is 5. The molecule has 3 unspecified atom stereocenters. The van der Waals surface area contributed by atoms with Gasteiger partial charge in [-0.15, -0.1) is 0 Å². The third kappa shape index (κ3) is 3.71. The molecule has 0 aromatic heterocycles. The highest BCUT2D eigenvalue weighted by molar-refractivity contribution is 7.91. The van der Waals surface area contributed by atoms with E-state index in [0.29, 0.717) is 6.42 Å². The Labute approximate surface area is 90.4 Å². The summed E-state index contributed by atoms with van der Waals surface area (Å²) >= 11 is 0. The Bertz CT molecular complexity index is 290. The van der Waals surface area contributed by atoms with E-state index in [1.807, 2.05) is 0 Å². The Balaban J connectivity index is 2.47. The molecule has 1 rings (SSSR count). The number of hydrogen-bond donors (Lipinski definition) is 3. The van der Waals surface area contributed by atoms with E-state index < -0.39 is 15.9 Å². The van der Waals surface area contributed by atoms with Gasteiger partial charge in [-0.05, 0) is 12.8 Å². The molecule has 6 heteroatoms. The smallest absolute Gasteiger partial charge is 0.151 e. The van der Waals surface area contributed by atoms with Gasteiger partial charge in [-0.1, -0.05) is 6.42 Å². The molecule has 1 aliphatic carbocycles. The highest BCUT2D eigenvalue weighted by atomic mass is 32.2. The van der Waals surface area contributed by atoms with Gasteiger partial charge in [-0.25, -0.2) is 8.42 Å². The average molecular weight is 237 g/mol. The minimum Gasteiger partial charge on any atom is -0.394 e. The molecule has 0 bridgehead atoms. The van der Waals surface area contributed by atoms with Gasteiger partial charge >= 0.3 is 0 Å². The molecule has 90 valence electrons. The Morgan fingerprint density at radius 3 is 2.67 bits per heavy atom. The third-order valence-electron chi connectivity index (χ3n) is 2.83. The number of nitrogens with one attached hydrogen (secondary N) is 1. The van der Waals surface area contributed by atoms with Crippen molar-refractivity contribution in [3.63, 3.8) is 0 Å². The van der Waals surface area contributed by atoms with Crippen molar-refractivity contribution in [2.75, 3.05) is 19.4 Å². The molecule has 0 radical (unpaired) electrons. The van der Waals surface area contributed by atoms with E-state index in [0.717, 1.165) is 12.8 Å². The van der Waals surface area contributed by atoms with Crippen LogP contribution in [0, 0.1) is 0 Å². The lowest BCUT2D eigenvalue weighted by atomic mass is 10.2. The van der Waals surface area contributed by atoms with Crippen LogP contribution in [0.1, 0.15) is 19.3 Å². The fourth-order valence-electron chi connectivity index (χ4n) is 2.02. The predicted molar refractivity (Wildman–Crippen MR) is 57.4 cm³/mol. The monoisotopic (exact) mass is 237 g/mol. The van der Waals surface area contributed by atoms with Crippen molar-refractivity contribution in [2.24, 2.45) is 0 Å². The Morgan fingerprint density at radius 1 is 1.47 bits per heavy atom. The molecule has 0 saturated heterocycles. The summed E-state index contributed by atoms with van der Waals surface area (Å²) in [6, 6.07) is -0.0822. The normalized spacial score (nSPS) is 29.3. The van der Waals surface area contributed by atoms with Gasteiger partial charge in [0, 0.05) is 18.8 Å². The fraction of sp³-hybridized carbons (Fsp3) is 1.00. The highest BCUT2D eigenvalue weighted by Gasteiger charge is 2.34. The van der Waals surface area contributed by atoms with Gasteiger partial charge in [-0.3, -0.25) is 0 Å². The van der Waals surface area contributed by atoms with Gasteiger partial charge in [-0.2, -0.15) is 0 Å². The molecule has 3 atom stereocenters. The van der Waals surface area contributed by atoms with E-state index in [-0.39, 0.29) is 24.4 Å². The minimum absolute atomic E-state index is 0.0822. The summed E-state index contributed by atoms with van der Waals surface area (Å²) in [6.45, 7) is -0.0591. The Kier molecular flexibility index (Phi) is 4.51. The molecule has 5 nitrogen and oxygen atoms in total. The summed E-state index contributed by atoms with van der Waals surface area (Å²) in [5.41, 5.74) is 0. The zero-order valence-electron chi connectivity index (χ0n) is 8.89. The summed E-state index contributed by atoms with van der Waals surface area (Å²) < 4.78 is 22.8. The molecule has 0 aliphatic heterocycles. The van der Waals surface area contributed by atoms with Gasteiger partial charge in [0.15, 0.2) is 9.84 Å². The van der Waals surface area contributed by atoms with E-state index in [4.69, 9.17) is 10.2 Å². The van der Waals surface area contributed by atoms with Gasteiger partial charge in [0.25, 0.3) is 0 Å². The highest BCUT2D eigenvalue weighted by Crippen LogP contribution is 2.24. The van der Waals surface area contributed by atoms with Crippen LogP contribution in [-0.4, -0.2) is 55.4 Å². The molecule has 0 aromatic carbocycles. The number of hydrogen-bond acceptors (Lipinski definition) is 5. The molecular weight excluding hydrogens is 218 g/mol. The molecule has 15 heavy (non-hydrogen) atoms. The van der Waals surface area contributed by atoms with Crippen LogP contribution in [0.15, 0.2) is 0 Å². The van der Waals surface area contributed by atoms with E-state index in [9.17, 15) is 8.42 Å². The summed E-state index contributed by atoms with van der Waals surface area (Å²) in [6.07, 6.45) is 2.83. The summed E-state index contributed by atoms with van der Waals surface area (Å²) in [7, 11) is -3.01. The second kappa shape index (κ2) is 5.25. The van der Waals surface area contributed by atoms with Crippen LogP contribution in [0.4, 0.5) is 0 Å². The second-order valence-corrected chi connectivity index (χ2v) is 6.41. The molecule has 0 amide bonds. The van der Waals surface area contributed by atoms with Crippen molar-refractivity contribution in [2.45, 2.75) is 36.7 Å². The second-order valence-electron chi connectivity index (χ2n) is 4.15. The molecule has 0 aromatic rings. The first kappa shape index (κ1) is 12.9. The van der Waals surface area contributed by atoms with Crippen LogP contribution >= 0.6 is 0 Å². The van der Waals surface area contributed by atoms with E-state index in [1.54, 1.807) is 0 Å². The molecular formula is C9H19NO4S. The van der Waals surface area contributed by atoms with Crippen LogP contribution in [0.2, 0.25) is 0 Å². The maximum Gasteiger partial charge on any atom is 0.151 e. The van der Waals surface area contributed by atoms with Crippen LogP contribution in [-0.2, 0) is 9.84 Å². The Hall–Kier alpha value is -0.170. The molecule has 3 N–H and O–H groups in total. The molecule has 0 heterocycles. The van der Waals surface area contributed by atoms with E-state index >= 15 is 0 Å². The standard InChI is InChI=1S/C9H19NO4S/c1-15(13,14)9-4-2-3-8(9)10-5-7(12)6-11/h7-12H,2-6H2,1H3. The van der Waals surface area contributed by atoms with E-state index in [1.165, 1.54) is 6.26 Å². The van der Waals surface area contributed by atoms with Gasteiger partial charge in [0.2, 0.25) is 0 Å². The fourth-order valence-corrected chi connectivity index (χ4v) is 3.45. The van der Waals surface area contributed by atoms with Gasteiger partial charge in [0.05, 0.1) is 18.0 Å². The maximum atomic E-state index is 11.4. The van der Waals surface area contributed by atoms with E-state index in [2.05, 4.69) is 5.32 Å². The summed E-state index contributed by atoms with van der Waals surface area (Å²) in [4.78, 5) is 0. The zero-order valence-corrected chi connectivity index (χ0v) is 9.70. The quantitative estimate of drug-likeness (QED) is 0.565. The summed E-state index contributed by atoms with van der Waals surface area (Å²) in [5.74, 6) is 0. The van der Waals surface area contributed by atoms with Gasteiger partial charge < -0.3 is 15.5 Å². The molecule has 1 aliphatic rings. The minimum atomic E-state index is -3.01. The summed E-state index contributed by atoms with van der Waals surface area (Å²) in [5, 5.41) is 20.4. The van der Waals surface area contributed by atoms with Crippen LogP contribution in [0.25, 0.3) is 0 Å². The predicted octanol–water partition coefficient (Wildman–Crippen LogP) is -1.11. The van der Waals surface area contributed by atoms with Gasteiger partial charge in [0.1, 0.15) is 0 Å². The third-order valence-corrected chi connectivity index (χ3v) is 4.49. The zero-order chi connectivity index (χ0) is 11.5. The van der Waals surface area contributed by atoms with Crippen molar-refractivity contribution in [3.05, 3.63) is 0 Å². The topological polar surface area (TPSA) is 86.6 Å². The number of aliphatic hydroxyl groups excluding tert-OH is 2. The van der Waals surface area contributed by atoms with Crippen molar-refractivity contribution < 1.29 is 18.6 Å². The Morgan fingerprint density at radius 2 is 2.13 bits per heavy atom. The molecule has 1 saturated carbocycles. The lowest BCUT2D eigenvalue weighted by Gasteiger charge is -2.20. The van der Waals surface area contributed by atoms with Crippen LogP contribution in [0.3, 0.4) is 0 Å². The SMILES string of the molecule is CS(=O)(=O)C1CCCC1NCC(O)CO. The van der Waals surface area contributed by atoms with Crippen molar-refractivity contribution in [1.29, 1.82) is 0 Å². The lowest BCUT2D eigenvalue weighted by molar-refractivity contribution is 0.0921. The number of sulfone groups is 1. The largest absolute Gasteiger partial charge is 0.394 e.